The Morgan fingerprint density at radius 2 is 2.21 bits per heavy atom. The summed E-state index contributed by atoms with van der Waals surface area (Å²) >= 11 is 12.0. The van der Waals surface area contributed by atoms with E-state index in [9.17, 15) is 4.79 Å². The summed E-state index contributed by atoms with van der Waals surface area (Å²) in [5, 5.41) is 7.31. The van der Waals surface area contributed by atoms with E-state index in [0.717, 1.165) is 31.4 Å². The van der Waals surface area contributed by atoms with Crippen molar-refractivity contribution in [1.82, 2.24) is 10.6 Å². The normalized spacial score (nSPS) is 19.2. The Bertz CT molecular complexity index is 445. The molecule has 104 valence electrons. The molecule has 5 heteroatoms. The molecule has 1 aliphatic rings. The highest BCUT2D eigenvalue weighted by Crippen LogP contribution is 2.25. The van der Waals surface area contributed by atoms with Gasteiger partial charge in [0.25, 0.3) is 0 Å². The topological polar surface area (TPSA) is 41.1 Å². The Kier molecular flexibility index (Phi) is 5.49. The molecule has 3 nitrogen and oxygen atoms in total. The average molecular weight is 301 g/mol. The van der Waals surface area contributed by atoms with Gasteiger partial charge in [-0.25, -0.2) is 0 Å². The lowest BCUT2D eigenvalue weighted by Gasteiger charge is -2.22. The zero-order chi connectivity index (χ0) is 13.7. The molecule has 1 atom stereocenters. The van der Waals surface area contributed by atoms with Crippen LogP contribution in [-0.2, 0) is 11.2 Å². The number of rotatable bonds is 4. The van der Waals surface area contributed by atoms with Gasteiger partial charge in [0.05, 0.1) is 16.1 Å². The number of amides is 1. The summed E-state index contributed by atoms with van der Waals surface area (Å²) in [6.45, 7) is 1.51. The van der Waals surface area contributed by atoms with Crippen LogP contribution in [0.1, 0.15) is 24.8 Å². The van der Waals surface area contributed by atoms with Crippen LogP contribution in [0.2, 0.25) is 10.0 Å². The first kappa shape index (κ1) is 14.6. The second-order valence-electron chi connectivity index (χ2n) is 4.76. The van der Waals surface area contributed by atoms with Gasteiger partial charge < -0.3 is 10.6 Å². The van der Waals surface area contributed by atoms with Crippen LogP contribution in [-0.4, -0.2) is 25.0 Å². The lowest BCUT2D eigenvalue weighted by molar-refractivity contribution is -0.123. The molecule has 1 unspecified atom stereocenters. The number of carbonyl (C=O) groups excluding carboxylic acids is 1. The van der Waals surface area contributed by atoms with Crippen molar-refractivity contribution in [1.29, 1.82) is 0 Å². The quantitative estimate of drug-likeness (QED) is 0.898. The highest BCUT2D eigenvalue weighted by Gasteiger charge is 2.19. The van der Waals surface area contributed by atoms with E-state index >= 15 is 0 Å². The van der Waals surface area contributed by atoms with Crippen molar-refractivity contribution in [2.24, 2.45) is 0 Å². The molecule has 1 saturated heterocycles. The van der Waals surface area contributed by atoms with Gasteiger partial charge >= 0.3 is 0 Å². The smallest absolute Gasteiger partial charge is 0.237 e. The fourth-order valence-electron chi connectivity index (χ4n) is 2.26. The maximum atomic E-state index is 11.9. The molecule has 19 heavy (non-hydrogen) atoms. The molecule has 0 saturated carbocycles. The fourth-order valence-corrected chi connectivity index (χ4v) is 2.68. The van der Waals surface area contributed by atoms with Crippen LogP contribution < -0.4 is 10.6 Å². The van der Waals surface area contributed by atoms with Gasteiger partial charge in [0.1, 0.15) is 0 Å². The van der Waals surface area contributed by atoms with Gasteiger partial charge in [-0.3, -0.25) is 4.79 Å². The highest BCUT2D eigenvalue weighted by molar-refractivity contribution is 6.42. The molecule has 1 aromatic carbocycles. The molecule has 1 aromatic rings. The molecular weight excluding hydrogens is 283 g/mol. The van der Waals surface area contributed by atoms with Crippen LogP contribution in [0.4, 0.5) is 0 Å². The molecule has 0 radical (unpaired) electrons. The first-order chi connectivity index (χ1) is 9.18. The molecule has 0 bridgehead atoms. The molecule has 1 amide bonds. The van der Waals surface area contributed by atoms with Crippen LogP contribution in [0.15, 0.2) is 18.2 Å². The summed E-state index contributed by atoms with van der Waals surface area (Å²) in [7, 11) is 0. The second kappa shape index (κ2) is 7.13. The monoisotopic (exact) mass is 300 g/mol. The van der Waals surface area contributed by atoms with Gasteiger partial charge in [-0.15, -0.1) is 0 Å². The molecule has 0 aliphatic carbocycles. The molecule has 0 aromatic heterocycles. The third-order valence-electron chi connectivity index (χ3n) is 3.35. The van der Waals surface area contributed by atoms with Crippen molar-refractivity contribution >= 4 is 29.1 Å². The largest absolute Gasteiger partial charge is 0.354 e. The van der Waals surface area contributed by atoms with Crippen molar-refractivity contribution in [3.05, 3.63) is 33.8 Å². The summed E-state index contributed by atoms with van der Waals surface area (Å²) in [5.41, 5.74) is 0.964. The number of nitrogens with one attached hydrogen (secondary N) is 2. The molecule has 1 fully saturated rings. The van der Waals surface area contributed by atoms with Gasteiger partial charge in [-0.2, -0.15) is 0 Å². The van der Waals surface area contributed by atoms with E-state index < -0.39 is 0 Å². The number of halogens is 2. The van der Waals surface area contributed by atoms with Gasteiger partial charge in [-0.1, -0.05) is 41.8 Å². The minimum absolute atomic E-state index is 0.0383. The minimum Gasteiger partial charge on any atom is -0.354 e. The molecule has 0 spiro atoms. The van der Waals surface area contributed by atoms with Crippen molar-refractivity contribution in [3.8, 4) is 0 Å². The van der Waals surface area contributed by atoms with E-state index in [2.05, 4.69) is 10.6 Å². The lowest BCUT2D eigenvalue weighted by Crippen LogP contribution is -2.47. The van der Waals surface area contributed by atoms with Gasteiger partial charge in [0.15, 0.2) is 0 Å². The summed E-state index contributed by atoms with van der Waals surface area (Å²) in [4.78, 5) is 11.9. The summed E-state index contributed by atoms with van der Waals surface area (Å²) < 4.78 is 0. The van der Waals surface area contributed by atoms with Crippen LogP contribution in [0.5, 0.6) is 0 Å². The molecule has 2 rings (SSSR count). The zero-order valence-corrected chi connectivity index (χ0v) is 12.2. The van der Waals surface area contributed by atoms with Gasteiger partial charge in [0.2, 0.25) is 5.91 Å². The second-order valence-corrected chi connectivity index (χ2v) is 5.54. The van der Waals surface area contributed by atoms with E-state index in [1.54, 1.807) is 6.07 Å². The third-order valence-corrected chi connectivity index (χ3v) is 4.21. The van der Waals surface area contributed by atoms with Crippen molar-refractivity contribution in [2.75, 3.05) is 13.1 Å². The molecular formula is C14H18Cl2N2O. The first-order valence-corrected chi connectivity index (χ1v) is 7.38. The third kappa shape index (κ3) is 4.10. The number of piperidine rings is 1. The van der Waals surface area contributed by atoms with E-state index in [1.165, 1.54) is 0 Å². The van der Waals surface area contributed by atoms with Crippen LogP contribution >= 0.6 is 23.2 Å². The maximum Gasteiger partial charge on any atom is 0.237 e. The van der Waals surface area contributed by atoms with Crippen LogP contribution in [0.25, 0.3) is 0 Å². The SMILES string of the molecule is O=C(NCCc1cccc(Cl)c1Cl)C1CCCCN1. The van der Waals surface area contributed by atoms with Crippen molar-refractivity contribution in [3.63, 3.8) is 0 Å². The number of benzene rings is 1. The summed E-state index contributed by atoms with van der Waals surface area (Å²) in [5.74, 6) is 0.0813. The molecule has 1 heterocycles. The van der Waals surface area contributed by atoms with Gasteiger partial charge in [0, 0.05) is 6.54 Å². The summed E-state index contributed by atoms with van der Waals surface area (Å²) in [6, 6.07) is 5.52. The predicted molar refractivity (Wildman–Crippen MR) is 78.8 cm³/mol. The fraction of sp³-hybridized carbons (Fsp3) is 0.500. The standard InChI is InChI=1S/C14H18Cl2N2O/c15-11-5-3-4-10(13(11)16)7-9-18-14(19)12-6-1-2-8-17-12/h3-5,12,17H,1-2,6-9H2,(H,18,19). The van der Waals surface area contributed by atoms with E-state index in [1.807, 2.05) is 12.1 Å². The molecule has 2 N–H and O–H groups in total. The Morgan fingerprint density at radius 1 is 1.37 bits per heavy atom. The van der Waals surface area contributed by atoms with Crippen molar-refractivity contribution < 1.29 is 4.79 Å². The van der Waals surface area contributed by atoms with E-state index in [0.29, 0.717) is 23.0 Å². The van der Waals surface area contributed by atoms with E-state index in [-0.39, 0.29) is 11.9 Å². The first-order valence-electron chi connectivity index (χ1n) is 6.62. The zero-order valence-electron chi connectivity index (χ0n) is 10.7. The van der Waals surface area contributed by atoms with E-state index in [4.69, 9.17) is 23.2 Å². The molecule has 1 aliphatic heterocycles. The summed E-state index contributed by atoms with van der Waals surface area (Å²) in [6.07, 6.45) is 3.88. The minimum atomic E-state index is -0.0383. The number of hydrogen-bond donors (Lipinski definition) is 2. The van der Waals surface area contributed by atoms with Crippen LogP contribution in [0.3, 0.4) is 0 Å². The Labute approximate surface area is 123 Å². The Hall–Kier alpha value is -0.770. The highest BCUT2D eigenvalue weighted by atomic mass is 35.5. The van der Waals surface area contributed by atoms with Crippen molar-refractivity contribution in [2.45, 2.75) is 31.7 Å². The van der Waals surface area contributed by atoms with Crippen LogP contribution in [0, 0.1) is 0 Å². The lowest BCUT2D eigenvalue weighted by atomic mass is 10.0. The Balaban J connectivity index is 1.79. The Morgan fingerprint density at radius 3 is 2.95 bits per heavy atom. The van der Waals surface area contributed by atoms with Gasteiger partial charge in [-0.05, 0) is 37.4 Å². The predicted octanol–water partition coefficient (Wildman–Crippen LogP) is 2.79. The maximum absolute atomic E-state index is 11.9. The number of hydrogen-bond acceptors (Lipinski definition) is 2. The average Bonchev–Trinajstić information content (AvgIpc) is 2.44. The number of carbonyl (C=O) groups is 1.